The number of aromatic nitrogens is 2. The van der Waals surface area contributed by atoms with Gasteiger partial charge in [0.1, 0.15) is 21.6 Å². The van der Waals surface area contributed by atoms with Crippen LogP contribution in [0.3, 0.4) is 0 Å². The van der Waals surface area contributed by atoms with Gasteiger partial charge in [0.2, 0.25) is 0 Å². The first-order chi connectivity index (χ1) is 9.38. The van der Waals surface area contributed by atoms with Crippen LogP contribution in [0.5, 0.6) is 0 Å². The largest absolute Gasteiger partial charge is 0.433 e. The second-order valence-electron chi connectivity index (χ2n) is 3.73. The van der Waals surface area contributed by atoms with E-state index in [4.69, 9.17) is 11.1 Å². The number of nitrogens with two attached hydrogens (primary N) is 1. The number of nitrogens with one attached hydrogen (secondary N) is 1. The average molecular weight is 298 g/mol. The van der Waals surface area contributed by atoms with Gasteiger partial charge in [-0.15, -0.1) is 0 Å². The van der Waals surface area contributed by atoms with E-state index in [0.717, 1.165) is 23.9 Å². The van der Waals surface area contributed by atoms with Crippen molar-refractivity contribution in [1.29, 1.82) is 5.41 Å². The summed E-state index contributed by atoms with van der Waals surface area (Å²) in [5.74, 6) is -0.343. The van der Waals surface area contributed by atoms with Gasteiger partial charge in [-0.25, -0.2) is 9.97 Å². The number of amidine groups is 1. The Morgan fingerprint density at radius 2 is 1.95 bits per heavy atom. The third-order valence-corrected chi connectivity index (χ3v) is 3.24. The Kier molecular flexibility index (Phi) is 3.93. The number of hydrogen-bond donors (Lipinski definition) is 2. The van der Waals surface area contributed by atoms with E-state index in [1.165, 1.54) is 6.20 Å². The molecule has 0 saturated carbocycles. The molecule has 0 aliphatic carbocycles. The fourth-order valence-corrected chi connectivity index (χ4v) is 2.28. The quantitative estimate of drug-likeness (QED) is 0.675. The van der Waals surface area contributed by atoms with Crippen molar-refractivity contribution in [3.8, 4) is 0 Å². The Bertz CT molecular complexity index is 628. The van der Waals surface area contributed by atoms with Gasteiger partial charge in [0.15, 0.2) is 0 Å². The van der Waals surface area contributed by atoms with Crippen molar-refractivity contribution in [2.75, 3.05) is 0 Å². The molecule has 20 heavy (non-hydrogen) atoms. The van der Waals surface area contributed by atoms with Gasteiger partial charge in [-0.2, -0.15) is 13.2 Å². The summed E-state index contributed by atoms with van der Waals surface area (Å²) in [5, 5.41) is 7.87. The van der Waals surface area contributed by atoms with E-state index < -0.39 is 11.9 Å². The van der Waals surface area contributed by atoms with Gasteiger partial charge >= 0.3 is 6.18 Å². The van der Waals surface area contributed by atoms with Crippen LogP contribution in [0.15, 0.2) is 46.6 Å². The summed E-state index contributed by atoms with van der Waals surface area (Å²) in [6, 6.07) is 6.98. The van der Waals surface area contributed by atoms with Crippen molar-refractivity contribution < 1.29 is 13.2 Å². The van der Waals surface area contributed by atoms with Crippen LogP contribution in [0, 0.1) is 5.41 Å². The van der Waals surface area contributed by atoms with Crippen LogP contribution in [0.4, 0.5) is 13.2 Å². The Hall–Kier alpha value is -2.09. The van der Waals surface area contributed by atoms with Crippen LogP contribution < -0.4 is 5.73 Å². The number of nitrogens with zero attached hydrogens (tertiary/aromatic N) is 2. The highest BCUT2D eigenvalue weighted by atomic mass is 32.2. The Balaban J connectivity index is 2.45. The molecule has 0 amide bonds. The van der Waals surface area contributed by atoms with Crippen molar-refractivity contribution in [3.63, 3.8) is 0 Å². The van der Waals surface area contributed by atoms with Crippen molar-refractivity contribution in [1.82, 2.24) is 9.97 Å². The summed E-state index contributed by atoms with van der Waals surface area (Å²) >= 11 is 0.930. The molecule has 0 aromatic carbocycles. The molecule has 0 radical (unpaired) electrons. The topological polar surface area (TPSA) is 75.7 Å². The van der Waals surface area contributed by atoms with Gasteiger partial charge < -0.3 is 5.73 Å². The van der Waals surface area contributed by atoms with Crippen LogP contribution in [0.2, 0.25) is 0 Å². The Morgan fingerprint density at radius 1 is 1.20 bits per heavy atom. The van der Waals surface area contributed by atoms with Crippen molar-refractivity contribution >= 4 is 17.6 Å². The van der Waals surface area contributed by atoms with Crippen molar-refractivity contribution in [3.05, 3.63) is 47.8 Å². The molecule has 3 N–H and O–H groups in total. The summed E-state index contributed by atoms with van der Waals surface area (Å²) in [6.07, 6.45) is -3.03. The standard InChI is InChI=1S/C12H9F3N4S/c13-12(14,15)8-5-4-7(10(16)17)11(19-8)20-9-3-1-2-6-18-9/h1-6H,(H3,16,17). The number of nitrogen functional groups attached to an aromatic ring is 1. The molecule has 0 aliphatic heterocycles. The summed E-state index contributed by atoms with van der Waals surface area (Å²) in [5.41, 5.74) is 4.48. The van der Waals surface area contributed by atoms with E-state index in [9.17, 15) is 13.2 Å². The molecule has 2 aromatic heterocycles. The molecule has 104 valence electrons. The number of hydrogen-bond acceptors (Lipinski definition) is 4. The molecule has 2 rings (SSSR count). The molecule has 0 aliphatic rings. The van der Waals surface area contributed by atoms with E-state index in [2.05, 4.69) is 9.97 Å². The van der Waals surface area contributed by atoms with Crippen molar-refractivity contribution in [2.24, 2.45) is 5.73 Å². The van der Waals surface area contributed by atoms with E-state index in [0.29, 0.717) is 5.03 Å². The predicted octanol–water partition coefficient (Wildman–Crippen LogP) is 2.93. The predicted molar refractivity (Wildman–Crippen MR) is 68.6 cm³/mol. The second-order valence-corrected chi connectivity index (χ2v) is 4.74. The zero-order valence-corrected chi connectivity index (χ0v) is 10.8. The number of alkyl halides is 3. The van der Waals surface area contributed by atoms with E-state index in [1.54, 1.807) is 18.2 Å². The average Bonchev–Trinajstić information content (AvgIpc) is 2.38. The third-order valence-electron chi connectivity index (χ3n) is 2.28. The lowest BCUT2D eigenvalue weighted by Crippen LogP contribution is -2.16. The summed E-state index contributed by atoms with van der Waals surface area (Å²) in [7, 11) is 0. The first-order valence-corrected chi connectivity index (χ1v) is 6.21. The maximum Gasteiger partial charge on any atom is 0.433 e. The number of rotatable bonds is 3. The summed E-state index contributed by atoms with van der Waals surface area (Å²) in [6.45, 7) is 0. The van der Waals surface area contributed by atoms with Gasteiger partial charge in [-0.3, -0.25) is 5.41 Å². The molecule has 2 heterocycles. The Labute approximate surface area is 116 Å². The van der Waals surface area contributed by atoms with Crippen LogP contribution in [-0.4, -0.2) is 15.8 Å². The molecular formula is C12H9F3N4S. The van der Waals surface area contributed by atoms with Crippen LogP contribution in [0.25, 0.3) is 0 Å². The monoisotopic (exact) mass is 298 g/mol. The molecule has 0 spiro atoms. The maximum absolute atomic E-state index is 12.7. The van der Waals surface area contributed by atoms with E-state index in [1.807, 2.05) is 0 Å². The SMILES string of the molecule is N=C(N)c1ccc(C(F)(F)F)nc1Sc1ccccn1. The molecule has 0 saturated heterocycles. The highest BCUT2D eigenvalue weighted by Gasteiger charge is 2.33. The smallest absolute Gasteiger partial charge is 0.384 e. The van der Waals surface area contributed by atoms with Gasteiger partial charge in [-0.05, 0) is 36.0 Å². The fourth-order valence-electron chi connectivity index (χ4n) is 1.39. The second kappa shape index (κ2) is 5.49. The Morgan fingerprint density at radius 3 is 2.50 bits per heavy atom. The molecule has 8 heteroatoms. The van der Waals surface area contributed by atoms with Crippen LogP contribution in [0.1, 0.15) is 11.3 Å². The van der Waals surface area contributed by atoms with Crippen LogP contribution in [-0.2, 0) is 6.18 Å². The van der Waals surface area contributed by atoms with Gasteiger partial charge in [0.25, 0.3) is 0 Å². The lowest BCUT2D eigenvalue weighted by atomic mass is 10.2. The number of pyridine rings is 2. The first-order valence-electron chi connectivity index (χ1n) is 5.39. The summed E-state index contributed by atoms with van der Waals surface area (Å²) < 4.78 is 38.0. The van der Waals surface area contributed by atoms with Gasteiger partial charge in [0, 0.05) is 11.8 Å². The zero-order valence-electron chi connectivity index (χ0n) is 9.98. The fraction of sp³-hybridized carbons (Fsp3) is 0.0833. The number of halogens is 3. The molecule has 0 fully saturated rings. The molecule has 2 aromatic rings. The minimum atomic E-state index is -4.55. The van der Waals surface area contributed by atoms with Crippen molar-refractivity contribution in [2.45, 2.75) is 16.2 Å². The zero-order chi connectivity index (χ0) is 14.8. The lowest BCUT2D eigenvalue weighted by Gasteiger charge is -2.11. The van der Waals surface area contributed by atoms with E-state index >= 15 is 0 Å². The molecule has 4 nitrogen and oxygen atoms in total. The lowest BCUT2D eigenvalue weighted by molar-refractivity contribution is -0.141. The van der Waals surface area contributed by atoms with E-state index in [-0.39, 0.29) is 16.4 Å². The molecular weight excluding hydrogens is 289 g/mol. The van der Waals surface area contributed by atoms with Gasteiger partial charge in [-0.1, -0.05) is 6.07 Å². The minimum Gasteiger partial charge on any atom is -0.384 e. The highest BCUT2D eigenvalue weighted by Crippen LogP contribution is 2.32. The summed E-state index contributed by atoms with van der Waals surface area (Å²) in [4.78, 5) is 7.53. The third kappa shape index (κ3) is 3.27. The minimum absolute atomic E-state index is 0.00558. The highest BCUT2D eigenvalue weighted by molar-refractivity contribution is 7.99. The van der Waals surface area contributed by atoms with Gasteiger partial charge in [0.05, 0.1) is 0 Å². The maximum atomic E-state index is 12.7. The molecule has 0 bridgehead atoms. The van der Waals surface area contributed by atoms with Crippen LogP contribution >= 0.6 is 11.8 Å². The molecule has 0 unspecified atom stereocenters. The first kappa shape index (κ1) is 14.3. The normalized spacial score (nSPS) is 11.3. The molecule has 0 atom stereocenters.